The van der Waals surface area contributed by atoms with E-state index in [1.807, 2.05) is 27.7 Å². The molecule has 2 heterocycles. The second-order valence-electron chi connectivity index (χ2n) is 10.4. The predicted molar refractivity (Wildman–Crippen MR) is 146 cm³/mol. The van der Waals surface area contributed by atoms with Crippen molar-refractivity contribution in [1.82, 2.24) is 25.2 Å². The SMILES string of the molecule is C[C@H](NC(=O)c1ccc(C(=O)N2CCC[C@H]2CN(C=O)OC(C)(C)C)c(Cl)c1)c1nc2ccc(Cl)cc2[nH]1. The average molecular weight is 560 g/mol. The molecular formula is C27H31Cl2N5O4. The molecule has 1 aliphatic heterocycles. The summed E-state index contributed by atoms with van der Waals surface area (Å²) in [6, 6.07) is 9.35. The van der Waals surface area contributed by atoms with Crippen LogP contribution >= 0.6 is 23.2 Å². The van der Waals surface area contributed by atoms with Gasteiger partial charge in [-0.25, -0.2) is 10.0 Å². The molecule has 202 valence electrons. The van der Waals surface area contributed by atoms with Gasteiger partial charge in [-0.05, 0) is 76.9 Å². The molecule has 0 saturated carbocycles. The van der Waals surface area contributed by atoms with E-state index in [1.165, 1.54) is 11.1 Å². The second-order valence-corrected chi connectivity index (χ2v) is 11.2. The molecule has 0 spiro atoms. The monoisotopic (exact) mass is 559 g/mol. The third-order valence-corrected chi connectivity index (χ3v) is 6.77. The quantitative estimate of drug-likeness (QED) is 0.293. The van der Waals surface area contributed by atoms with Crippen LogP contribution in [0.15, 0.2) is 36.4 Å². The van der Waals surface area contributed by atoms with Crippen molar-refractivity contribution >= 4 is 52.5 Å². The van der Waals surface area contributed by atoms with E-state index in [2.05, 4.69) is 15.3 Å². The summed E-state index contributed by atoms with van der Waals surface area (Å²) in [5, 5.41) is 4.91. The lowest BCUT2D eigenvalue weighted by molar-refractivity contribution is -0.219. The van der Waals surface area contributed by atoms with Crippen LogP contribution in [0.1, 0.15) is 73.1 Å². The van der Waals surface area contributed by atoms with Gasteiger partial charge in [0.05, 0.1) is 45.8 Å². The minimum Gasteiger partial charge on any atom is -0.342 e. The summed E-state index contributed by atoms with van der Waals surface area (Å²) in [5.41, 5.74) is 1.61. The Morgan fingerprint density at radius 2 is 2.03 bits per heavy atom. The number of rotatable bonds is 8. The zero-order valence-electron chi connectivity index (χ0n) is 21.8. The zero-order chi connectivity index (χ0) is 27.6. The standard InChI is InChI=1S/C27H31Cl2N5O4/c1-16(24-31-22-10-8-18(28)13-23(22)32-24)30-25(36)17-7-9-20(21(29)12-17)26(37)34-11-5-6-19(34)14-33(15-35)38-27(2,3)4/h7-10,12-13,15-16,19H,5-6,11,14H2,1-4H3,(H,30,36)(H,31,32)/t16-,19-/m0/s1. The first kappa shape index (κ1) is 27.9. The normalized spacial score (nSPS) is 16.5. The maximum absolute atomic E-state index is 13.4. The smallest absolute Gasteiger partial charge is 0.255 e. The number of H-pyrrole nitrogens is 1. The molecule has 2 N–H and O–H groups in total. The van der Waals surface area contributed by atoms with Crippen molar-refractivity contribution in [2.24, 2.45) is 0 Å². The van der Waals surface area contributed by atoms with Crippen molar-refractivity contribution in [3.8, 4) is 0 Å². The predicted octanol–water partition coefficient (Wildman–Crippen LogP) is 5.15. The van der Waals surface area contributed by atoms with Crippen LogP contribution in [0.4, 0.5) is 0 Å². The lowest BCUT2D eigenvalue weighted by Gasteiger charge is -2.32. The molecular weight excluding hydrogens is 529 g/mol. The molecule has 0 unspecified atom stereocenters. The van der Waals surface area contributed by atoms with Crippen LogP contribution in [-0.2, 0) is 9.63 Å². The Balaban J connectivity index is 1.43. The molecule has 1 aromatic heterocycles. The Morgan fingerprint density at radius 1 is 1.26 bits per heavy atom. The van der Waals surface area contributed by atoms with Crippen LogP contribution in [0.25, 0.3) is 11.0 Å². The topological polar surface area (TPSA) is 108 Å². The van der Waals surface area contributed by atoms with Gasteiger partial charge in [-0.2, -0.15) is 0 Å². The highest BCUT2D eigenvalue weighted by Gasteiger charge is 2.33. The zero-order valence-corrected chi connectivity index (χ0v) is 23.3. The number of aromatic amines is 1. The highest BCUT2D eigenvalue weighted by molar-refractivity contribution is 6.34. The van der Waals surface area contributed by atoms with Crippen molar-refractivity contribution < 1.29 is 19.2 Å². The fourth-order valence-corrected chi connectivity index (χ4v) is 4.93. The molecule has 3 amide bonds. The fraction of sp³-hybridized carbons (Fsp3) is 0.407. The number of likely N-dealkylation sites (tertiary alicyclic amines) is 1. The maximum atomic E-state index is 13.4. The van der Waals surface area contributed by atoms with E-state index >= 15 is 0 Å². The van der Waals surface area contributed by atoms with Gasteiger partial charge in [0.15, 0.2) is 0 Å². The van der Waals surface area contributed by atoms with Crippen molar-refractivity contribution in [2.75, 3.05) is 13.1 Å². The molecule has 2 aromatic carbocycles. The number of benzene rings is 2. The largest absolute Gasteiger partial charge is 0.342 e. The Hall–Kier alpha value is -3.14. The van der Waals surface area contributed by atoms with Gasteiger partial charge in [0.2, 0.25) is 6.41 Å². The van der Waals surface area contributed by atoms with Gasteiger partial charge < -0.3 is 15.2 Å². The number of carbonyl (C=O) groups is 3. The lowest BCUT2D eigenvalue weighted by atomic mass is 10.1. The molecule has 38 heavy (non-hydrogen) atoms. The van der Waals surface area contributed by atoms with Gasteiger partial charge in [-0.3, -0.25) is 19.2 Å². The van der Waals surface area contributed by atoms with E-state index in [9.17, 15) is 14.4 Å². The van der Waals surface area contributed by atoms with Crippen molar-refractivity contribution in [2.45, 2.75) is 58.2 Å². The second kappa shape index (κ2) is 11.3. The third-order valence-electron chi connectivity index (χ3n) is 6.22. The number of aromatic nitrogens is 2. The first-order valence-electron chi connectivity index (χ1n) is 12.4. The first-order valence-corrected chi connectivity index (χ1v) is 13.2. The van der Waals surface area contributed by atoms with Crippen LogP contribution < -0.4 is 5.32 Å². The van der Waals surface area contributed by atoms with Crippen molar-refractivity contribution in [3.63, 3.8) is 0 Å². The number of carbonyl (C=O) groups excluding carboxylic acids is 3. The number of imidazole rings is 1. The molecule has 9 nitrogen and oxygen atoms in total. The van der Waals surface area contributed by atoms with E-state index in [4.69, 9.17) is 28.0 Å². The molecule has 0 bridgehead atoms. The van der Waals surface area contributed by atoms with Gasteiger partial charge in [-0.15, -0.1) is 0 Å². The van der Waals surface area contributed by atoms with Crippen LogP contribution in [0.2, 0.25) is 10.0 Å². The summed E-state index contributed by atoms with van der Waals surface area (Å²) in [5.74, 6) is -0.00865. The molecule has 1 aliphatic rings. The average Bonchev–Trinajstić information content (AvgIpc) is 3.49. The Morgan fingerprint density at radius 3 is 2.71 bits per heavy atom. The maximum Gasteiger partial charge on any atom is 0.255 e. The number of nitrogens with one attached hydrogen (secondary N) is 2. The van der Waals surface area contributed by atoms with Gasteiger partial charge in [0.1, 0.15) is 5.82 Å². The lowest BCUT2D eigenvalue weighted by Crippen LogP contribution is -2.45. The summed E-state index contributed by atoms with van der Waals surface area (Å²) in [4.78, 5) is 52.9. The molecule has 3 aromatic rings. The highest BCUT2D eigenvalue weighted by Crippen LogP contribution is 2.26. The number of hydroxylamine groups is 2. The molecule has 2 atom stereocenters. The molecule has 0 radical (unpaired) electrons. The van der Waals surface area contributed by atoms with Gasteiger partial charge in [-0.1, -0.05) is 23.2 Å². The van der Waals surface area contributed by atoms with Gasteiger partial charge >= 0.3 is 0 Å². The van der Waals surface area contributed by atoms with Crippen LogP contribution in [0, 0.1) is 0 Å². The van der Waals surface area contributed by atoms with Crippen LogP contribution in [0.3, 0.4) is 0 Å². The highest BCUT2D eigenvalue weighted by atomic mass is 35.5. The Bertz CT molecular complexity index is 1350. The summed E-state index contributed by atoms with van der Waals surface area (Å²) in [6.45, 7) is 8.18. The summed E-state index contributed by atoms with van der Waals surface area (Å²) >= 11 is 12.5. The van der Waals surface area contributed by atoms with Crippen molar-refractivity contribution in [3.05, 3.63) is 63.4 Å². The summed E-state index contributed by atoms with van der Waals surface area (Å²) < 4.78 is 0. The van der Waals surface area contributed by atoms with Crippen molar-refractivity contribution in [1.29, 1.82) is 0 Å². The number of halogens is 2. The summed E-state index contributed by atoms with van der Waals surface area (Å²) in [6.07, 6.45) is 2.18. The van der Waals surface area contributed by atoms with E-state index in [-0.39, 0.29) is 29.4 Å². The number of amides is 3. The Kier molecular flexibility index (Phi) is 8.30. The molecule has 4 rings (SSSR count). The molecule has 1 saturated heterocycles. The van der Waals surface area contributed by atoms with E-state index < -0.39 is 11.6 Å². The number of nitrogens with zero attached hydrogens (tertiary/aromatic N) is 3. The Labute approximate surface area is 231 Å². The molecule has 11 heteroatoms. The van der Waals surface area contributed by atoms with E-state index in [0.717, 1.165) is 23.9 Å². The molecule has 1 fully saturated rings. The number of hydrogen-bond acceptors (Lipinski definition) is 5. The minimum absolute atomic E-state index is 0.178. The number of fused-ring (bicyclic) bond motifs is 1. The number of hydrogen-bond donors (Lipinski definition) is 2. The fourth-order valence-electron chi connectivity index (χ4n) is 4.49. The summed E-state index contributed by atoms with van der Waals surface area (Å²) in [7, 11) is 0. The minimum atomic E-state index is -0.538. The van der Waals surface area contributed by atoms with Crippen LogP contribution in [0.5, 0.6) is 0 Å². The van der Waals surface area contributed by atoms with E-state index in [1.54, 1.807) is 35.2 Å². The van der Waals surface area contributed by atoms with Gasteiger partial charge in [0, 0.05) is 17.1 Å². The molecule has 0 aliphatic carbocycles. The van der Waals surface area contributed by atoms with Crippen LogP contribution in [-0.4, -0.2) is 62.9 Å². The van der Waals surface area contributed by atoms with Gasteiger partial charge in [0.25, 0.3) is 11.8 Å². The third kappa shape index (κ3) is 6.46. The first-order chi connectivity index (χ1) is 17.9. The van der Waals surface area contributed by atoms with E-state index in [0.29, 0.717) is 34.9 Å².